The molecular weight excluding hydrogens is 712 g/mol. The fraction of sp³-hybridized carbons (Fsp3) is 0.348. The van der Waals surface area contributed by atoms with Crippen LogP contribution in [-0.4, -0.2) is 61.8 Å². The predicted molar refractivity (Wildman–Crippen MR) is 125 cm³/mol. The molecule has 0 fully saturated rings. The van der Waals surface area contributed by atoms with E-state index in [0.717, 1.165) is 12.1 Å². The van der Waals surface area contributed by atoms with E-state index in [1.807, 2.05) is 0 Å². The monoisotopic (exact) mass is 725 g/mol. The first-order valence-corrected chi connectivity index (χ1v) is 11.9. The van der Waals surface area contributed by atoms with E-state index in [0.29, 0.717) is 20.2 Å². The van der Waals surface area contributed by atoms with Crippen LogP contribution in [0.5, 0.6) is 0 Å². The van der Waals surface area contributed by atoms with Crippen LogP contribution in [0.3, 0.4) is 0 Å². The molecule has 0 unspecified atom stereocenters. The second-order valence-corrected chi connectivity index (χ2v) is 9.62. The number of alkyl halides is 13. The Hall–Kier alpha value is -3.65. The molecule has 2 aromatic rings. The first-order valence-electron chi connectivity index (χ1n) is 11.1. The third kappa shape index (κ3) is 7.34. The van der Waals surface area contributed by atoms with Gasteiger partial charge in [-0.05, 0) is 40.2 Å². The third-order valence-corrected chi connectivity index (χ3v) is 6.27. The zero-order valence-corrected chi connectivity index (χ0v) is 23.0. The van der Waals surface area contributed by atoms with E-state index >= 15 is 4.39 Å². The van der Waals surface area contributed by atoms with E-state index in [1.165, 1.54) is 5.32 Å². The molecule has 0 saturated heterocycles. The second kappa shape index (κ2) is 12.0. The maximum absolute atomic E-state index is 15.2. The highest BCUT2D eigenvalue weighted by Crippen LogP contribution is 2.55. The Balaban J connectivity index is 2.57. The van der Waals surface area contributed by atoms with Crippen molar-refractivity contribution in [3.05, 3.63) is 57.3 Å². The third-order valence-electron chi connectivity index (χ3n) is 5.65. The zero-order valence-electron chi connectivity index (χ0n) is 21.4. The molecule has 21 heteroatoms. The minimum absolute atomic E-state index is 0.0726. The summed E-state index contributed by atoms with van der Waals surface area (Å²) >= 11 is 2.26. The number of nitrogens with zero attached hydrogens (tertiary/aromatic N) is 2. The molecule has 3 amide bonds. The number of amides is 3. The van der Waals surface area contributed by atoms with E-state index in [9.17, 15) is 71.5 Å². The van der Waals surface area contributed by atoms with Gasteiger partial charge in [0.15, 0.2) is 5.82 Å². The molecule has 2 rings (SSSR count). The Morgan fingerprint density at radius 3 is 1.80 bits per heavy atom. The molecule has 44 heavy (non-hydrogen) atoms. The summed E-state index contributed by atoms with van der Waals surface area (Å²) < 4.78 is 186. The van der Waals surface area contributed by atoms with Crippen LogP contribution >= 0.6 is 15.9 Å². The van der Waals surface area contributed by atoms with Crippen LogP contribution in [0.15, 0.2) is 34.8 Å². The molecule has 0 atom stereocenters. The van der Waals surface area contributed by atoms with Crippen molar-refractivity contribution in [1.82, 2.24) is 4.90 Å². The van der Waals surface area contributed by atoms with E-state index in [2.05, 4.69) is 15.9 Å². The van der Waals surface area contributed by atoms with Gasteiger partial charge in [0.1, 0.15) is 6.54 Å². The van der Waals surface area contributed by atoms with Gasteiger partial charge < -0.3 is 15.1 Å². The number of carbonyl (C=O) groups excluding carboxylic acids is 3. The summed E-state index contributed by atoms with van der Waals surface area (Å²) in [5.74, 6) is -7.14. The number of nitrogens with one attached hydrogen (secondary N) is 1. The van der Waals surface area contributed by atoms with E-state index in [-0.39, 0.29) is 15.9 Å². The number of carbonyl (C=O) groups is 3. The molecule has 6 nitrogen and oxygen atoms in total. The number of benzene rings is 2. The van der Waals surface area contributed by atoms with E-state index < -0.39 is 99.1 Å². The van der Waals surface area contributed by atoms with Gasteiger partial charge in [-0.25, -0.2) is 8.78 Å². The smallest absolute Gasteiger partial charge is 0.328 e. The van der Waals surface area contributed by atoms with Crippen LogP contribution in [0.2, 0.25) is 0 Å². The topological polar surface area (TPSA) is 69.7 Å². The van der Waals surface area contributed by atoms with Gasteiger partial charge in [-0.2, -0.15) is 52.7 Å². The Morgan fingerprint density at radius 1 is 0.818 bits per heavy atom. The second-order valence-electron chi connectivity index (χ2n) is 8.77. The van der Waals surface area contributed by atoms with Gasteiger partial charge in [-0.3, -0.25) is 14.4 Å². The molecule has 0 saturated carbocycles. The summed E-state index contributed by atoms with van der Waals surface area (Å²) in [6.45, 7) is -1.89. The van der Waals surface area contributed by atoms with Gasteiger partial charge in [0.05, 0.1) is 22.5 Å². The van der Waals surface area contributed by atoms with Gasteiger partial charge >= 0.3 is 42.2 Å². The number of rotatable bonds is 5. The maximum atomic E-state index is 15.2. The first-order chi connectivity index (χ1) is 19.6. The molecule has 2 aromatic carbocycles. The molecule has 0 heterocycles. The average molecular weight is 726 g/mol. The standard InChI is InChI=1S/C23H14BrF14N3O3/c1-40(8-19(26,27)28)17(43)18(44)41(2)13-5-3-4-10(14(13)25)16(42)39-15-11(21(30,31)32)6-9(7-12(15)24)20(29,22(33,34)35)23(36,37)38/h3-7H,8H2,1-2H3,(H,39,42). The van der Waals surface area contributed by atoms with Crippen molar-refractivity contribution in [3.8, 4) is 0 Å². The highest BCUT2D eigenvalue weighted by atomic mass is 79.9. The number of anilines is 2. The normalized spacial score (nSPS) is 13.0. The van der Waals surface area contributed by atoms with Crippen LogP contribution in [0.1, 0.15) is 21.5 Å². The van der Waals surface area contributed by atoms with Gasteiger partial charge in [0.2, 0.25) is 0 Å². The predicted octanol–water partition coefficient (Wildman–Crippen LogP) is 7.13. The largest absolute Gasteiger partial charge is 0.435 e. The first kappa shape index (κ1) is 36.5. The minimum atomic E-state index is -6.80. The van der Waals surface area contributed by atoms with Crippen molar-refractivity contribution in [1.29, 1.82) is 0 Å². The summed E-state index contributed by atoms with van der Waals surface area (Å²) in [6.07, 6.45) is -24.4. The summed E-state index contributed by atoms with van der Waals surface area (Å²) in [5, 5.41) is 1.43. The summed E-state index contributed by atoms with van der Waals surface area (Å²) in [4.78, 5) is 37.2. The molecule has 0 aliphatic rings. The van der Waals surface area contributed by atoms with Crippen molar-refractivity contribution < 1.29 is 75.8 Å². The van der Waals surface area contributed by atoms with E-state index in [4.69, 9.17) is 0 Å². The minimum Gasteiger partial charge on any atom is -0.328 e. The highest BCUT2D eigenvalue weighted by Gasteiger charge is 2.73. The van der Waals surface area contributed by atoms with Crippen molar-refractivity contribution in [2.75, 3.05) is 30.9 Å². The van der Waals surface area contributed by atoms with Gasteiger partial charge in [0.25, 0.3) is 5.91 Å². The summed E-state index contributed by atoms with van der Waals surface area (Å²) in [5.41, 5.74) is -15.0. The van der Waals surface area contributed by atoms with Crippen molar-refractivity contribution >= 4 is 45.0 Å². The highest BCUT2D eigenvalue weighted by molar-refractivity contribution is 9.10. The molecule has 244 valence electrons. The van der Waals surface area contributed by atoms with Crippen LogP contribution in [0.4, 0.5) is 72.8 Å². The van der Waals surface area contributed by atoms with Gasteiger partial charge in [0, 0.05) is 24.1 Å². The fourth-order valence-corrected chi connectivity index (χ4v) is 4.10. The molecule has 0 aliphatic carbocycles. The molecule has 0 aromatic heterocycles. The molecule has 0 bridgehead atoms. The quantitative estimate of drug-likeness (QED) is 0.264. The van der Waals surface area contributed by atoms with Crippen LogP contribution in [0, 0.1) is 5.82 Å². The van der Waals surface area contributed by atoms with Crippen molar-refractivity contribution in [2.24, 2.45) is 0 Å². The van der Waals surface area contributed by atoms with Crippen LogP contribution < -0.4 is 10.2 Å². The SMILES string of the molecule is CN(CC(F)(F)F)C(=O)C(=O)N(C)c1cccc(C(=O)Nc2c(Br)cc(C(F)(C(F)(F)F)C(F)(F)F)cc2C(F)(F)F)c1F. The Labute approximate surface area is 244 Å². The van der Waals surface area contributed by atoms with Crippen LogP contribution in [0.25, 0.3) is 0 Å². The Morgan fingerprint density at radius 2 is 1.34 bits per heavy atom. The average Bonchev–Trinajstić information content (AvgIpc) is 2.84. The Bertz CT molecular complexity index is 1440. The van der Waals surface area contributed by atoms with Crippen molar-refractivity contribution in [2.45, 2.75) is 30.4 Å². The number of hydrogen-bond donors (Lipinski definition) is 1. The molecule has 0 radical (unpaired) electrons. The maximum Gasteiger partial charge on any atom is 0.435 e. The fourth-order valence-electron chi connectivity index (χ4n) is 3.54. The number of likely N-dealkylation sites (N-methyl/N-ethyl adjacent to an activating group) is 2. The van der Waals surface area contributed by atoms with Crippen molar-refractivity contribution in [3.63, 3.8) is 0 Å². The lowest BCUT2D eigenvalue weighted by Gasteiger charge is -2.31. The lowest BCUT2D eigenvalue weighted by atomic mass is 9.92. The molecule has 0 aliphatic heterocycles. The zero-order chi connectivity index (χ0) is 34.4. The van der Waals surface area contributed by atoms with Gasteiger partial charge in [-0.15, -0.1) is 0 Å². The van der Waals surface area contributed by atoms with Gasteiger partial charge in [-0.1, -0.05) is 6.07 Å². The molecular formula is C23H14BrF14N3O3. The number of halogens is 15. The lowest BCUT2D eigenvalue weighted by molar-refractivity contribution is -0.348. The Kier molecular flexibility index (Phi) is 9.99. The lowest BCUT2D eigenvalue weighted by Crippen LogP contribution is -2.50. The summed E-state index contributed by atoms with van der Waals surface area (Å²) in [6, 6.07) is 0.910. The van der Waals surface area contributed by atoms with Crippen LogP contribution in [-0.2, 0) is 21.4 Å². The molecule has 0 spiro atoms. The van der Waals surface area contributed by atoms with E-state index in [1.54, 1.807) is 0 Å². The number of hydrogen-bond acceptors (Lipinski definition) is 3. The molecule has 1 N–H and O–H groups in total. The summed E-state index contributed by atoms with van der Waals surface area (Å²) in [7, 11) is 1.27.